The van der Waals surface area contributed by atoms with Crippen molar-refractivity contribution in [2.75, 3.05) is 25.6 Å². The van der Waals surface area contributed by atoms with Crippen LogP contribution in [0.4, 0.5) is 10.1 Å². The van der Waals surface area contributed by atoms with Crippen molar-refractivity contribution in [1.29, 1.82) is 0 Å². The van der Waals surface area contributed by atoms with Gasteiger partial charge >= 0.3 is 0 Å². The summed E-state index contributed by atoms with van der Waals surface area (Å²) in [4.78, 5) is 27.0. The average Bonchev–Trinajstić information content (AvgIpc) is 2.89. The van der Waals surface area contributed by atoms with Crippen molar-refractivity contribution in [3.05, 3.63) is 71.2 Å². The summed E-state index contributed by atoms with van der Waals surface area (Å²) in [6, 6.07) is 13.1. The van der Waals surface area contributed by atoms with Gasteiger partial charge in [-0.05, 0) is 43.2 Å². The Labute approximate surface area is 157 Å². The van der Waals surface area contributed by atoms with E-state index in [1.54, 1.807) is 7.11 Å². The van der Waals surface area contributed by atoms with E-state index in [1.165, 1.54) is 29.2 Å². The maximum Gasteiger partial charge on any atom is 0.278 e. The fourth-order valence-corrected chi connectivity index (χ4v) is 2.93. The first-order chi connectivity index (χ1) is 13.0. The number of hydrogen-bond donors (Lipinski definition) is 1. The zero-order chi connectivity index (χ0) is 19.4. The minimum absolute atomic E-state index is 0.202. The molecular weight excluding hydrogens is 347 g/mol. The van der Waals surface area contributed by atoms with E-state index in [0.29, 0.717) is 24.3 Å². The molecular formula is C21H21FN2O3. The van der Waals surface area contributed by atoms with E-state index in [9.17, 15) is 14.0 Å². The SMILES string of the molecule is COCCCN1C(=O)C(Nc2ccc(C)cc2)=C(c2ccc(F)cc2)C1=O. The first kappa shape index (κ1) is 18.8. The van der Waals surface area contributed by atoms with E-state index in [4.69, 9.17) is 4.74 Å². The number of anilines is 1. The number of nitrogens with one attached hydrogen (secondary N) is 1. The van der Waals surface area contributed by atoms with Crippen LogP contribution in [0.25, 0.3) is 5.57 Å². The molecule has 2 aromatic rings. The summed E-state index contributed by atoms with van der Waals surface area (Å²) in [5.74, 6) is -1.19. The summed E-state index contributed by atoms with van der Waals surface area (Å²) >= 11 is 0. The first-order valence-electron chi connectivity index (χ1n) is 8.70. The molecule has 0 bridgehead atoms. The van der Waals surface area contributed by atoms with E-state index < -0.39 is 17.6 Å². The normalized spacial score (nSPS) is 14.3. The van der Waals surface area contributed by atoms with Crippen LogP contribution >= 0.6 is 0 Å². The highest BCUT2D eigenvalue weighted by Gasteiger charge is 2.38. The van der Waals surface area contributed by atoms with Crippen LogP contribution in [0.5, 0.6) is 0 Å². The number of carbonyl (C=O) groups is 2. The minimum atomic E-state index is -0.402. The van der Waals surface area contributed by atoms with Gasteiger partial charge in [-0.15, -0.1) is 0 Å². The zero-order valence-electron chi connectivity index (χ0n) is 15.3. The number of aryl methyl sites for hydroxylation is 1. The number of hydrogen-bond acceptors (Lipinski definition) is 4. The molecule has 6 heteroatoms. The smallest absolute Gasteiger partial charge is 0.278 e. The van der Waals surface area contributed by atoms with Gasteiger partial charge in [0.2, 0.25) is 0 Å². The molecule has 0 saturated heterocycles. The van der Waals surface area contributed by atoms with Gasteiger partial charge in [0.15, 0.2) is 0 Å². The number of rotatable bonds is 7. The lowest BCUT2D eigenvalue weighted by Gasteiger charge is -2.15. The number of benzene rings is 2. The lowest BCUT2D eigenvalue weighted by molar-refractivity contribution is -0.136. The van der Waals surface area contributed by atoms with E-state index >= 15 is 0 Å². The Bertz CT molecular complexity index is 873. The van der Waals surface area contributed by atoms with Crippen molar-refractivity contribution in [2.45, 2.75) is 13.3 Å². The van der Waals surface area contributed by atoms with Gasteiger partial charge in [0.25, 0.3) is 11.8 Å². The molecule has 1 N–H and O–H groups in total. The molecule has 1 aliphatic heterocycles. The van der Waals surface area contributed by atoms with Crippen LogP contribution in [0.15, 0.2) is 54.2 Å². The van der Waals surface area contributed by atoms with E-state index in [0.717, 1.165) is 5.56 Å². The van der Waals surface area contributed by atoms with Gasteiger partial charge in [0.05, 0.1) is 5.57 Å². The molecule has 3 rings (SSSR count). The van der Waals surface area contributed by atoms with E-state index in [-0.39, 0.29) is 17.8 Å². The summed E-state index contributed by atoms with van der Waals surface area (Å²) in [6.07, 6.45) is 0.544. The maximum absolute atomic E-state index is 13.3. The molecule has 0 radical (unpaired) electrons. The molecule has 2 amide bonds. The molecule has 0 aliphatic carbocycles. The number of carbonyl (C=O) groups excluding carboxylic acids is 2. The van der Waals surface area contributed by atoms with Crippen LogP contribution in [-0.2, 0) is 14.3 Å². The summed E-state index contributed by atoms with van der Waals surface area (Å²) in [7, 11) is 1.57. The Morgan fingerprint density at radius 3 is 2.30 bits per heavy atom. The minimum Gasteiger partial charge on any atom is -0.385 e. The topological polar surface area (TPSA) is 58.6 Å². The van der Waals surface area contributed by atoms with Crippen LogP contribution in [0, 0.1) is 12.7 Å². The third-order valence-electron chi connectivity index (χ3n) is 4.35. The predicted molar refractivity (Wildman–Crippen MR) is 101 cm³/mol. The van der Waals surface area contributed by atoms with Gasteiger partial charge in [-0.25, -0.2) is 4.39 Å². The molecule has 0 unspecified atom stereocenters. The van der Waals surface area contributed by atoms with Crippen molar-refractivity contribution >= 4 is 23.1 Å². The number of methoxy groups -OCH3 is 1. The second-order valence-corrected chi connectivity index (χ2v) is 6.36. The highest BCUT2D eigenvalue weighted by molar-refractivity contribution is 6.36. The molecule has 0 aromatic heterocycles. The molecule has 140 valence electrons. The summed E-state index contributed by atoms with van der Waals surface area (Å²) < 4.78 is 18.3. The maximum atomic E-state index is 13.3. The quantitative estimate of drug-likeness (QED) is 0.601. The number of nitrogens with zero attached hydrogens (tertiary/aromatic N) is 1. The molecule has 2 aromatic carbocycles. The monoisotopic (exact) mass is 368 g/mol. The Balaban J connectivity index is 1.97. The van der Waals surface area contributed by atoms with Crippen molar-refractivity contribution in [2.24, 2.45) is 0 Å². The molecule has 0 saturated carbocycles. The second kappa shape index (κ2) is 8.14. The highest BCUT2D eigenvalue weighted by atomic mass is 19.1. The lowest BCUT2D eigenvalue weighted by atomic mass is 10.0. The van der Waals surface area contributed by atoms with Gasteiger partial charge in [0.1, 0.15) is 11.5 Å². The fourth-order valence-electron chi connectivity index (χ4n) is 2.93. The number of amides is 2. The van der Waals surface area contributed by atoms with E-state index in [1.807, 2.05) is 31.2 Å². The van der Waals surface area contributed by atoms with Crippen LogP contribution in [-0.4, -0.2) is 37.0 Å². The summed E-state index contributed by atoms with van der Waals surface area (Å²) in [5.41, 5.74) is 2.74. The number of ether oxygens (including phenoxy) is 1. The third kappa shape index (κ3) is 4.06. The van der Waals surface area contributed by atoms with Gasteiger partial charge in [-0.2, -0.15) is 0 Å². The molecule has 1 heterocycles. The molecule has 5 nitrogen and oxygen atoms in total. The standard InChI is InChI=1S/C21H21FN2O3/c1-14-4-10-17(11-5-14)23-19-18(15-6-8-16(22)9-7-15)20(25)24(21(19)26)12-3-13-27-2/h4-11,23H,3,12-13H2,1-2H3. The van der Waals surface area contributed by atoms with Gasteiger partial charge in [-0.1, -0.05) is 29.8 Å². The average molecular weight is 368 g/mol. The molecule has 0 fully saturated rings. The summed E-state index contributed by atoms with van der Waals surface area (Å²) in [6.45, 7) is 2.67. The lowest BCUT2D eigenvalue weighted by Crippen LogP contribution is -2.33. The van der Waals surface area contributed by atoms with Crippen molar-refractivity contribution in [1.82, 2.24) is 4.90 Å². The third-order valence-corrected chi connectivity index (χ3v) is 4.35. The Kier molecular flexibility index (Phi) is 5.66. The second-order valence-electron chi connectivity index (χ2n) is 6.36. The molecule has 1 aliphatic rings. The Morgan fingerprint density at radius 2 is 1.67 bits per heavy atom. The van der Waals surface area contributed by atoms with Crippen LogP contribution in [0.1, 0.15) is 17.5 Å². The number of imide groups is 1. The largest absolute Gasteiger partial charge is 0.385 e. The first-order valence-corrected chi connectivity index (χ1v) is 8.70. The van der Waals surface area contributed by atoms with Gasteiger partial charge < -0.3 is 10.1 Å². The van der Waals surface area contributed by atoms with Crippen molar-refractivity contribution in [3.8, 4) is 0 Å². The number of halogens is 1. The molecule has 27 heavy (non-hydrogen) atoms. The predicted octanol–water partition coefficient (Wildman–Crippen LogP) is 3.36. The molecule has 0 spiro atoms. The Hall–Kier alpha value is -2.99. The van der Waals surface area contributed by atoms with E-state index in [2.05, 4.69) is 5.32 Å². The fraction of sp³-hybridized carbons (Fsp3) is 0.238. The zero-order valence-corrected chi connectivity index (χ0v) is 15.3. The summed E-state index contributed by atoms with van der Waals surface area (Å²) in [5, 5.41) is 3.07. The van der Waals surface area contributed by atoms with Gasteiger partial charge in [0, 0.05) is 25.9 Å². The van der Waals surface area contributed by atoms with Gasteiger partial charge in [-0.3, -0.25) is 14.5 Å². The molecule has 0 atom stereocenters. The van der Waals surface area contributed by atoms with Crippen LogP contribution in [0.3, 0.4) is 0 Å². The Morgan fingerprint density at radius 1 is 1.00 bits per heavy atom. The highest BCUT2D eigenvalue weighted by Crippen LogP contribution is 2.30. The van der Waals surface area contributed by atoms with Crippen LogP contribution in [0.2, 0.25) is 0 Å². The van der Waals surface area contributed by atoms with Crippen molar-refractivity contribution < 1.29 is 18.7 Å². The van der Waals surface area contributed by atoms with Crippen LogP contribution < -0.4 is 5.32 Å². The van der Waals surface area contributed by atoms with Crippen molar-refractivity contribution in [3.63, 3.8) is 0 Å².